The van der Waals surface area contributed by atoms with Crippen LogP contribution in [0.4, 0.5) is 5.69 Å². The van der Waals surface area contributed by atoms with Crippen LogP contribution in [0.25, 0.3) is 0 Å². The quantitative estimate of drug-likeness (QED) is 0.639. The Morgan fingerprint density at radius 2 is 1.97 bits per heavy atom. The van der Waals surface area contributed by atoms with E-state index in [2.05, 4.69) is 48.3 Å². The molecule has 3 rings (SSSR count). The summed E-state index contributed by atoms with van der Waals surface area (Å²) in [6.45, 7) is 7.87. The molecule has 5 heteroatoms. The Kier molecular flexibility index (Phi) is 7.67. The maximum atomic E-state index is 11.1. The first-order valence-electron chi connectivity index (χ1n) is 10.5. The van der Waals surface area contributed by atoms with E-state index in [1.165, 1.54) is 18.4 Å². The van der Waals surface area contributed by atoms with Crippen LogP contribution in [-0.2, 0) is 17.8 Å². The van der Waals surface area contributed by atoms with Crippen LogP contribution in [-0.4, -0.2) is 41.3 Å². The van der Waals surface area contributed by atoms with E-state index in [-0.39, 0.29) is 0 Å². The van der Waals surface area contributed by atoms with Gasteiger partial charge in [0.15, 0.2) is 0 Å². The minimum Gasteiger partial charge on any atom is -0.478 e. The molecule has 1 aliphatic heterocycles. The maximum absolute atomic E-state index is 11.1. The molecule has 1 aliphatic rings. The number of hydrogen-bond acceptors (Lipinski definition) is 4. The zero-order valence-corrected chi connectivity index (χ0v) is 17.4. The van der Waals surface area contributed by atoms with Crippen LogP contribution in [0, 0.1) is 0 Å². The molecule has 0 radical (unpaired) electrons. The lowest BCUT2D eigenvalue weighted by Crippen LogP contribution is -2.39. The van der Waals surface area contributed by atoms with E-state index in [0.717, 1.165) is 37.4 Å². The van der Waals surface area contributed by atoms with Gasteiger partial charge in [-0.05, 0) is 68.5 Å². The van der Waals surface area contributed by atoms with E-state index in [4.69, 9.17) is 9.84 Å². The molecule has 5 nitrogen and oxygen atoms in total. The summed E-state index contributed by atoms with van der Waals surface area (Å²) in [5, 5.41) is 12.5. The molecule has 0 bridgehead atoms. The van der Waals surface area contributed by atoms with E-state index in [1.807, 2.05) is 6.07 Å². The number of aromatic carboxylic acids is 1. The second-order valence-corrected chi connectivity index (χ2v) is 8.07. The lowest BCUT2D eigenvalue weighted by molar-refractivity contribution is -0.0129. The highest BCUT2D eigenvalue weighted by molar-refractivity contribution is 5.87. The van der Waals surface area contributed by atoms with Gasteiger partial charge in [0.2, 0.25) is 0 Å². The SMILES string of the molecule is CC(C)N(Cc1ccc(NCc2cccc(C(=O)O)c2)cc1)CC1CCCCO1. The molecule has 156 valence electrons. The fraction of sp³-hybridized carbons (Fsp3) is 0.458. The number of nitrogens with one attached hydrogen (secondary N) is 1. The number of carbonyl (C=O) groups is 1. The standard InChI is InChI=1S/C24H32N2O3/c1-18(2)26(17-23-8-3-4-13-29-23)16-19-9-11-22(12-10-19)25-15-20-6-5-7-21(14-20)24(27)28/h5-7,9-12,14,18,23,25H,3-4,8,13,15-17H2,1-2H3,(H,27,28). The molecule has 0 aliphatic carbocycles. The van der Waals surface area contributed by atoms with E-state index < -0.39 is 5.97 Å². The average Bonchev–Trinajstić information content (AvgIpc) is 2.73. The molecule has 29 heavy (non-hydrogen) atoms. The second-order valence-electron chi connectivity index (χ2n) is 8.07. The molecule has 1 atom stereocenters. The predicted molar refractivity (Wildman–Crippen MR) is 116 cm³/mol. The highest BCUT2D eigenvalue weighted by atomic mass is 16.5. The number of carboxylic acids is 1. The molecule has 2 aromatic carbocycles. The van der Waals surface area contributed by atoms with Crippen LogP contribution in [0.1, 0.15) is 54.6 Å². The van der Waals surface area contributed by atoms with Crippen molar-refractivity contribution in [3.8, 4) is 0 Å². The summed E-state index contributed by atoms with van der Waals surface area (Å²) in [6.07, 6.45) is 3.98. The Balaban J connectivity index is 1.54. The average molecular weight is 397 g/mol. The van der Waals surface area contributed by atoms with Crippen LogP contribution in [0.3, 0.4) is 0 Å². The van der Waals surface area contributed by atoms with E-state index in [1.54, 1.807) is 18.2 Å². The third kappa shape index (κ3) is 6.58. The van der Waals surface area contributed by atoms with Gasteiger partial charge < -0.3 is 15.2 Å². The normalized spacial score (nSPS) is 16.9. The van der Waals surface area contributed by atoms with Crippen LogP contribution >= 0.6 is 0 Å². The van der Waals surface area contributed by atoms with Gasteiger partial charge in [0.1, 0.15) is 0 Å². The molecule has 2 N–H and O–H groups in total. The van der Waals surface area contributed by atoms with E-state index in [0.29, 0.717) is 24.3 Å². The zero-order valence-electron chi connectivity index (χ0n) is 17.4. The molecule has 1 heterocycles. The fourth-order valence-electron chi connectivity index (χ4n) is 3.65. The summed E-state index contributed by atoms with van der Waals surface area (Å²) in [7, 11) is 0. The third-order valence-electron chi connectivity index (χ3n) is 5.45. The monoisotopic (exact) mass is 396 g/mol. The summed E-state index contributed by atoms with van der Waals surface area (Å²) in [5.74, 6) is -0.899. The van der Waals surface area contributed by atoms with Crippen molar-refractivity contribution in [2.45, 2.75) is 58.3 Å². The molecule has 0 spiro atoms. The molecular formula is C24H32N2O3. The Morgan fingerprint density at radius 1 is 1.17 bits per heavy atom. The molecule has 1 saturated heterocycles. The topological polar surface area (TPSA) is 61.8 Å². The van der Waals surface area contributed by atoms with Crippen molar-refractivity contribution in [1.29, 1.82) is 0 Å². The highest BCUT2D eigenvalue weighted by Gasteiger charge is 2.19. The molecule has 1 unspecified atom stereocenters. The Bertz CT molecular complexity index is 783. The second kappa shape index (κ2) is 10.4. The van der Waals surface area contributed by atoms with Gasteiger partial charge in [0, 0.05) is 38.0 Å². The van der Waals surface area contributed by atoms with Crippen LogP contribution < -0.4 is 5.32 Å². The van der Waals surface area contributed by atoms with Crippen molar-refractivity contribution in [3.05, 3.63) is 65.2 Å². The fourth-order valence-corrected chi connectivity index (χ4v) is 3.65. The lowest BCUT2D eigenvalue weighted by atomic mass is 10.1. The number of benzene rings is 2. The smallest absolute Gasteiger partial charge is 0.335 e. The number of rotatable bonds is 9. The predicted octanol–water partition coefficient (Wildman–Crippen LogP) is 4.78. The summed E-state index contributed by atoms with van der Waals surface area (Å²) in [5.41, 5.74) is 3.58. The third-order valence-corrected chi connectivity index (χ3v) is 5.45. The number of carboxylic acid groups (broad SMARTS) is 1. The van der Waals surface area contributed by atoms with Crippen molar-refractivity contribution in [2.75, 3.05) is 18.5 Å². The van der Waals surface area contributed by atoms with Crippen molar-refractivity contribution >= 4 is 11.7 Å². The number of ether oxygens (including phenoxy) is 1. The van der Waals surface area contributed by atoms with Gasteiger partial charge in [-0.25, -0.2) is 4.79 Å². The molecule has 0 aromatic heterocycles. The summed E-state index contributed by atoms with van der Waals surface area (Å²) >= 11 is 0. The van der Waals surface area contributed by atoms with Crippen molar-refractivity contribution in [1.82, 2.24) is 4.90 Å². The largest absolute Gasteiger partial charge is 0.478 e. The highest BCUT2D eigenvalue weighted by Crippen LogP contribution is 2.18. The maximum Gasteiger partial charge on any atom is 0.335 e. The van der Waals surface area contributed by atoms with Crippen molar-refractivity contribution < 1.29 is 14.6 Å². The molecule has 2 aromatic rings. The van der Waals surface area contributed by atoms with Crippen LogP contribution in [0.15, 0.2) is 48.5 Å². The van der Waals surface area contributed by atoms with Gasteiger partial charge in [-0.3, -0.25) is 4.90 Å². The Labute approximate surface area is 173 Å². The first kappa shape index (κ1) is 21.3. The van der Waals surface area contributed by atoms with Gasteiger partial charge in [-0.1, -0.05) is 24.3 Å². The van der Waals surface area contributed by atoms with Gasteiger partial charge in [0.25, 0.3) is 0 Å². The number of hydrogen-bond donors (Lipinski definition) is 2. The van der Waals surface area contributed by atoms with Gasteiger partial charge >= 0.3 is 5.97 Å². The molecule has 1 fully saturated rings. The Hall–Kier alpha value is -2.37. The molecule has 0 amide bonds. The minimum absolute atomic E-state index is 0.315. The molecule has 0 saturated carbocycles. The summed E-state index contributed by atoms with van der Waals surface area (Å²) in [4.78, 5) is 13.6. The van der Waals surface area contributed by atoms with E-state index in [9.17, 15) is 4.79 Å². The first-order chi connectivity index (χ1) is 14.0. The van der Waals surface area contributed by atoms with Gasteiger partial charge in [-0.2, -0.15) is 0 Å². The van der Waals surface area contributed by atoms with Crippen molar-refractivity contribution in [2.24, 2.45) is 0 Å². The summed E-state index contributed by atoms with van der Waals surface area (Å²) in [6, 6.07) is 16.0. The lowest BCUT2D eigenvalue weighted by Gasteiger charge is -2.32. The van der Waals surface area contributed by atoms with E-state index >= 15 is 0 Å². The number of anilines is 1. The van der Waals surface area contributed by atoms with Gasteiger partial charge in [-0.15, -0.1) is 0 Å². The van der Waals surface area contributed by atoms with Crippen LogP contribution in [0.5, 0.6) is 0 Å². The Morgan fingerprint density at radius 3 is 2.62 bits per heavy atom. The zero-order chi connectivity index (χ0) is 20.6. The first-order valence-corrected chi connectivity index (χ1v) is 10.5. The summed E-state index contributed by atoms with van der Waals surface area (Å²) < 4.78 is 5.92. The minimum atomic E-state index is -0.899. The number of nitrogens with zero attached hydrogens (tertiary/aromatic N) is 1. The van der Waals surface area contributed by atoms with Crippen molar-refractivity contribution in [3.63, 3.8) is 0 Å². The molecular weight excluding hydrogens is 364 g/mol. The van der Waals surface area contributed by atoms with Crippen LogP contribution in [0.2, 0.25) is 0 Å². The van der Waals surface area contributed by atoms with Gasteiger partial charge in [0.05, 0.1) is 11.7 Å².